The Bertz CT molecular complexity index is 341. The third kappa shape index (κ3) is 4.13. The van der Waals surface area contributed by atoms with Gasteiger partial charge >= 0.3 is 0 Å². The molecule has 18 heavy (non-hydrogen) atoms. The third-order valence-corrected chi connectivity index (χ3v) is 2.54. The Balaban J connectivity index is 0.00000144. The Morgan fingerprint density at radius 1 is 1.22 bits per heavy atom. The number of hydrazine groups is 1. The average Bonchev–Trinajstić information content (AvgIpc) is 2.28. The van der Waals surface area contributed by atoms with Crippen LogP contribution in [0.15, 0.2) is 12.1 Å². The molecule has 0 bridgehead atoms. The van der Waals surface area contributed by atoms with Crippen LogP contribution >= 0.6 is 24.8 Å². The highest BCUT2D eigenvalue weighted by atomic mass is 35.5. The molecule has 0 radical (unpaired) electrons. The first-order valence-electron chi connectivity index (χ1n) is 5.40. The predicted octanol–water partition coefficient (Wildman–Crippen LogP) is 1.22. The standard InChI is InChI=1S/C10H17N5O.2ClH/c1-7-5-15(6-8(2)16-7)10-4-3-9(12-11)13-14-10;;/h3-4,7-8H,5-6,11H2,1-2H3,(H,12,13);2*1H. The maximum absolute atomic E-state index is 5.66. The molecule has 1 aromatic heterocycles. The minimum absolute atomic E-state index is 0. The number of ether oxygens (including phenoxy) is 1. The molecule has 0 saturated carbocycles. The average molecular weight is 296 g/mol. The Morgan fingerprint density at radius 3 is 2.28 bits per heavy atom. The number of rotatable bonds is 2. The second-order valence-corrected chi connectivity index (χ2v) is 4.08. The molecular weight excluding hydrogens is 277 g/mol. The molecule has 3 N–H and O–H groups in total. The highest BCUT2D eigenvalue weighted by Crippen LogP contribution is 2.17. The number of nitrogen functional groups attached to an aromatic ring is 1. The summed E-state index contributed by atoms with van der Waals surface area (Å²) in [7, 11) is 0. The number of halogens is 2. The molecule has 1 aliphatic rings. The molecule has 2 unspecified atom stereocenters. The number of aromatic nitrogens is 2. The SMILES string of the molecule is CC1CN(c2ccc(NN)nn2)CC(C)O1.Cl.Cl. The van der Waals surface area contributed by atoms with Crippen LogP contribution in [0, 0.1) is 0 Å². The molecule has 0 spiro atoms. The maximum Gasteiger partial charge on any atom is 0.162 e. The summed E-state index contributed by atoms with van der Waals surface area (Å²) in [4.78, 5) is 2.17. The molecular formula is C10H19Cl2N5O. The van der Waals surface area contributed by atoms with E-state index in [0.717, 1.165) is 18.9 Å². The van der Waals surface area contributed by atoms with Crippen LogP contribution in [-0.4, -0.2) is 35.5 Å². The van der Waals surface area contributed by atoms with E-state index in [2.05, 4.69) is 34.4 Å². The van der Waals surface area contributed by atoms with E-state index in [1.54, 1.807) is 0 Å². The van der Waals surface area contributed by atoms with Crippen LogP contribution in [0.3, 0.4) is 0 Å². The van der Waals surface area contributed by atoms with Crippen LogP contribution in [0.5, 0.6) is 0 Å². The monoisotopic (exact) mass is 295 g/mol. The molecule has 0 aromatic carbocycles. The van der Waals surface area contributed by atoms with E-state index in [-0.39, 0.29) is 37.0 Å². The third-order valence-electron chi connectivity index (χ3n) is 2.54. The molecule has 1 aromatic rings. The molecule has 0 aliphatic carbocycles. The van der Waals surface area contributed by atoms with E-state index >= 15 is 0 Å². The van der Waals surface area contributed by atoms with Gasteiger partial charge in [-0.3, -0.25) is 0 Å². The van der Waals surface area contributed by atoms with Gasteiger partial charge in [0, 0.05) is 13.1 Å². The fourth-order valence-electron chi connectivity index (χ4n) is 1.94. The van der Waals surface area contributed by atoms with Crippen molar-refractivity contribution >= 4 is 36.4 Å². The second kappa shape index (κ2) is 7.58. The van der Waals surface area contributed by atoms with Gasteiger partial charge in [-0.2, -0.15) is 0 Å². The molecule has 2 heterocycles. The lowest BCUT2D eigenvalue weighted by Gasteiger charge is -2.35. The maximum atomic E-state index is 5.66. The zero-order chi connectivity index (χ0) is 11.5. The van der Waals surface area contributed by atoms with E-state index in [1.165, 1.54) is 0 Å². The fourth-order valence-corrected chi connectivity index (χ4v) is 1.94. The van der Waals surface area contributed by atoms with Crippen molar-refractivity contribution in [3.63, 3.8) is 0 Å². The Morgan fingerprint density at radius 2 is 1.83 bits per heavy atom. The summed E-state index contributed by atoms with van der Waals surface area (Å²) in [6.07, 6.45) is 0.440. The van der Waals surface area contributed by atoms with Crippen molar-refractivity contribution < 1.29 is 4.74 Å². The van der Waals surface area contributed by atoms with Gasteiger partial charge in [0.1, 0.15) is 0 Å². The molecule has 6 nitrogen and oxygen atoms in total. The van der Waals surface area contributed by atoms with Crippen LogP contribution in [0.25, 0.3) is 0 Å². The Labute approximate surface area is 119 Å². The van der Waals surface area contributed by atoms with Crippen LogP contribution in [0.2, 0.25) is 0 Å². The van der Waals surface area contributed by atoms with Crippen LogP contribution < -0.4 is 16.2 Å². The van der Waals surface area contributed by atoms with Crippen molar-refractivity contribution in [3.8, 4) is 0 Å². The van der Waals surface area contributed by atoms with E-state index < -0.39 is 0 Å². The first kappa shape index (κ1) is 17.2. The predicted molar refractivity (Wildman–Crippen MR) is 76.6 cm³/mol. The topological polar surface area (TPSA) is 76.3 Å². The smallest absolute Gasteiger partial charge is 0.162 e. The zero-order valence-electron chi connectivity index (χ0n) is 10.4. The molecule has 104 valence electrons. The molecule has 2 atom stereocenters. The number of hydrogen-bond acceptors (Lipinski definition) is 6. The van der Waals surface area contributed by atoms with Gasteiger partial charge in [-0.15, -0.1) is 35.0 Å². The normalized spacial score (nSPS) is 22.7. The van der Waals surface area contributed by atoms with Gasteiger partial charge in [-0.05, 0) is 26.0 Å². The highest BCUT2D eigenvalue weighted by Gasteiger charge is 2.23. The Kier molecular flexibility index (Phi) is 7.23. The number of hydrogen-bond donors (Lipinski definition) is 2. The summed E-state index contributed by atoms with van der Waals surface area (Å²) in [5.41, 5.74) is 2.46. The zero-order valence-corrected chi connectivity index (χ0v) is 12.0. The second-order valence-electron chi connectivity index (χ2n) is 4.08. The van der Waals surface area contributed by atoms with Crippen LogP contribution in [-0.2, 0) is 4.74 Å². The van der Waals surface area contributed by atoms with Gasteiger partial charge in [0.05, 0.1) is 12.2 Å². The minimum Gasteiger partial charge on any atom is -0.372 e. The van der Waals surface area contributed by atoms with Gasteiger partial charge in [0.15, 0.2) is 11.6 Å². The minimum atomic E-state index is 0. The first-order chi connectivity index (χ1) is 7.69. The van der Waals surface area contributed by atoms with Crippen molar-refractivity contribution in [3.05, 3.63) is 12.1 Å². The van der Waals surface area contributed by atoms with Gasteiger partial charge in [-0.1, -0.05) is 0 Å². The van der Waals surface area contributed by atoms with Crippen LogP contribution in [0.1, 0.15) is 13.8 Å². The fraction of sp³-hybridized carbons (Fsp3) is 0.600. The number of nitrogens with one attached hydrogen (secondary N) is 1. The summed E-state index contributed by atoms with van der Waals surface area (Å²) >= 11 is 0. The molecule has 8 heteroatoms. The van der Waals surface area contributed by atoms with Crippen molar-refractivity contribution in [2.45, 2.75) is 26.1 Å². The lowest BCUT2D eigenvalue weighted by molar-refractivity contribution is -0.00550. The number of nitrogens with zero attached hydrogens (tertiary/aromatic N) is 3. The van der Waals surface area contributed by atoms with Gasteiger partial charge < -0.3 is 15.1 Å². The summed E-state index contributed by atoms with van der Waals surface area (Å²) in [6, 6.07) is 3.72. The lowest BCUT2D eigenvalue weighted by Crippen LogP contribution is -2.45. The van der Waals surface area contributed by atoms with Gasteiger partial charge in [-0.25, -0.2) is 5.84 Å². The molecule has 1 saturated heterocycles. The molecule has 1 aliphatic heterocycles. The number of morpholine rings is 1. The van der Waals surface area contributed by atoms with Gasteiger partial charge in [0.2, 0.25) is 0 Å². The summed E-state index contributed by atoms with van der Waals surface area (Å²) in [5, 5.41) is 8.07. The van der Waals surface area contributed by atoms with Crippen LogP contribution in [0.4, 0.5) is 11.6 Å². The molecule has 1 fully saturated rings. The number of anilines is 2. The summed E-state index contributed by atoms with van der Waals surface area (Å²) < 4.78 is 5.66. The number of nitrogens with two attached hydrogens (primary N) is 1. The molecule has 0 amide bonds. The van der Waals surface area contributed by atoms with Crippen molar-refractivity contribution in [2.24, 2.45) is 5.84 Å². The summed E-state index contributed by atoms with van der Waals surface area (Å²) in [5.74, 6) is 6.67. The largest absolute Gasteiger partial charge is 0.372 e. The highest BCUT2D eigenvalue weighted by molar-refractivity contribution is 5.85. The van der Waals surface area contributed by atoms with Gasteiger partial charge in [0.25, 0.3) is 0 Å². The van der Waals surface area contributed by atoms with E-state index in [0.29, 0.717) is 5.82 Å². The van der Waals surface area contributed by atoms with Crippen molar-refractivity contribution in [1.82, 2.24) is 10.2 Å². The van der Waals surface area contributed by atoms with E-state index in [1.807, 2.05) is 12.1 Å². The quantitative estimate of drug-likeness (QED) is 0.631. The van der Waals surface area contributed by atoms with E-state index in [4.69, 9.17) is 10.6 Å². The van der Waals surface area contributed by atoms with E-state index in [9.17, 15) is 0 Å². The Hall–Kier alpha value is -0.820. The van der Waals surface area contributed by atoms with Crippen molar-refractivity contribution in [2.75, 3.05) is 23.4 Å². The van der Waals surface area contributed by atoms with Crippen molar-refractivity contribution in [1.29, 1.82) is 0 Å². The lowest BCUT2D eigenvalue weighted by atomic mass is 10.2. The molecule has 2 rings (SSSR count). The summed E-state index contributed by atoms with van der Waals surface area (Å²) in [6.45, 7) is 5.81. The first-order valence-corrected chi connectivity index (χ1v) is 5.40.